The van der Waals surface area contributed by atoms with Gasteiger partial charge in [0.1, 0.15) is 5.56 Å². The van der Waals surface area contributed by atoms with Crippen LogP contribution in [0.2, 0.25) is 0 Å². The first-order valence-corrected chi connectivity index (χ1v) is 7.56. The number of aryl methyl sites for hydroxylation is 1. The molecule has 1 saturated heterocycles. The van der Waals surface area contributed by atoms with Gasteiger partial charge in [0.2, 0.25) is 11.8 Å². The van der Waals surface area contributed by atoms with Crippen molar-refractivity contribution < 1.29 is 14.3 Å². The number of ether oxygens (including phenoxy) is 1. The van der Waals surface area contributed by atoms with Gasteiger partial charge in [0.05, 0.1) is 13.7 Å². The predicted molar refractivity (Wildman–Crippen MR) is 81.7 cm³/mol. The lowest BCUT2D eigenvalue weighted by Crippen LogP contribution is -2.47. The summed E-state index contributed by atoms with van der Waals surface area (Å²) in [6.45, 7) is 2.91. The van der Waals surface area contributed by atoms with Gasteiger partial charge in [0.15, 0.2) is 0 Å². The fourth-order valence-corrected chi connectivity index (χ4v) is 2.81. The van der Waals surface area contributed by atoms with Crippen molar-refractivity contribution in [2.45, 2.75) is 32.2 Å². The molecule has 1 fully saturated rings. The number of likely N-dealkylation sites (tertiary alicyclic amines) is 1. The minimum Gasteiger partial charge on any atom is -0.479 e. The zero-order valence-corrected chi connectivity index (χ0v) is 13.7. The second-order valence-electron chi connectivity index (χ2n) is 5.82. The number of carbonyl (C=O) groups excluding carboxylic acids is 2. The fraction of sp³-hybridized carbons (Fsp3) is 0.667. The molecule has 2 rings (SSSR count). The largest absolute Gasteiger partial charge is 0.479 e. The second-order valence-corrected chi connectivity index (χ2v) is 5.82. The maximum atomic E-state index is 12.5. The van der Waals surface area contributed by atoms with Crippen LogP contribution in [-0.4, -0.2) is 64.7 Å². The lowest BCUT2D eigenvalue weighted by atomic mass is 10.0. The van der Waals surface area contributed by atoms with E-state index in [2.05, 4.69) is 12.0 Å². The Labute approximate surface area is 130 Å². The van der Waals surface area contributed by atoms with Crippen molar-refractivity contribution in [1.82, 2.24) is 19.6 Å². The number of methoxy groups -OCH3 is 1. The lowest BCUT2D eigenvalue weighted by molar-refractivity contribution is -0.134. The minimum atomic E-state index is -0.261. The summed E-state index contributed by atoms with van der Waals surface area (Å²) in [5.74, 6) is 0.00649. The number of amides is 2. The van der Waals surface area contributed by atoms with Gasteiger partial charge in [-0.15, -0.1) is 5.10 Å². The highest BCUT2D eigenvalue weighted by Gasteiger charge is 2.27. The molecule has 1 aliphatic heterocycles. The predicted octanol–water partition coefficient (Wildman–Crippen LogP) is 0.902. The Hall–Kier alpha value is -2.05. The monoisotopic (exact) mass is 308 g/mol. The quantitative estimate of drug-likeness (QED) is 0.829. The molecule has 0 saturated carbocycles. The van der Waals surface area contributed by atoms with Crippen LogP contribution in [0.25, 0.3) is 0 Å². The van der Waals surface area contributed by atoms with Crippen molar-refractivity contribution in [2.75, 3.05) is 27.2 Å². The van der Waals surface area contributed by atoms with E-state index in [-0.39, 0.29) is 30.3 Å². The van der Waals surface area contributed by atoms with Crippen LogP contribution in [-0.2, 0) is 11.8 Å². The molecule has 0 N–H and O–H groups in total. The van der Waals surface area contributed by atoms with E-state index in [9.17, 15) is 9.59 Å². The number of carbonyl (C=O) groups is 2. The normalized spacial score (nSPS) is 18.2. The maximum absolute atomic E-state index is 12.5. The van der Waals surface area contributed by atoms with Crippen molar-refractivity contribution in [2.24, 2.45) is 7.05 Å². The van der Waals surface area contributed by atoms with Gasteiger partial charge in [0.25, 0.3) is 5.91 Å². The van der Waals surface area contributed by atoms with E-state index in [0.717, 1.165) is 25.8 Å². The highest BCUT2D eigenvalue weighted by atomic mass is 16.5. The molecule has 1 atom stereocenters. The van der Waals surface area contributed by atoms with Crippen molar-refractivity contribution in [3.8, 4) is 5.88 Å². The number of nitrogens with zero attached hydrogens (tertiary/aromatic N) is 4. The summed E-state index contributed by atoms with van der Waals surface area (Å²) in [6.07, 6.45) is 4.82. The van der Waals surface area contributed by atoms with Crippen molar-refractivity contribution in [3.05, 3.63) is 11.8 Å². The molecule has 22 heavy (non-hydrogen) atoms. The number of hydrogen-bond acceptors (Lipinski definition) is 4. The van der Waals surface area contributed by atoms with E-state index in [1.165, 1.54) is 16.7 Å². The van der Waals surface area contributed by atoms with E-state index >= 15 is 0 Å². The highest BCUT2D eigenvalue weighted by Crippen LogP contribution is 2.19. The second kappa shape index (κ2) is 6.81. The molecule has 2 heterocycles. The van der Waals surface area contributed by atoms with Crippen molar-refractivity contribution in [1.29, 1.82) is 0 Å². The molecular weight excluding hydrogens is 284 g/mol. The Bertz CT molecular complexity index is 555. The third-order valence-electron chi connectivity index (χ3n) is 4.06. The number of aromatic nitrogens is 2. The van der Waals surface area contributed by atoms with Crippen LogP contribution in [0.5, 0.6) is 5.88 Å². The third-order valence-corrected chi connectivity index (χ3v) is 4.06. The first-order valence-electron chi connectivity index (χ1n) is 7.56. The van der Waals surface area contributed by atoms with Gasteiger partial charge in [-0.1, -0.05) is 0 Å². The van der Waals surface area contributed by atoms with Gasteiger partial charge in [-0.05, 0) is 26.2 Å². The van der Waals surface area contributed by atoms with Gasteiger partial charge in [-0.3, -0.25) is 14.3 Å². The standard InChI is InChI=1S/C15H24N4O3/c1-11-7-5-6-8-19(11)13(20)10-17(2)15(21)12-9-18(3)16-14(12)22-4/h9,11H,5-8,10H2,1-4H3. The summed E-state index contributed by atoms with van der Waals surface area (Å²) >= 11 is 0. The molecular formula is C15H24N4O3. The molecule has 1 unspecified atom stereocenters. The maximum Gasteiger partial charge on any atom is 0.261 e. The van der Waals surface area contributed by atoms with Crippen LogP contribution in [0.15, 0.2) is 6.20 Å². The topological polar surface area (TPSA) is 67.7 Å². The zero-order valence-electron chi connectivity index (χ0n) is 13.7. The fourth-order valence-electron chi connectivity index (χ4n) is 2.81. The average molecular weight is 308 g/mol. The van der Waals surface area contributed by atoms with Crippen LogP contribution in [0.3, 0.4) is 0 Å². The number of piperidine rings is 1. The van der Waals surface area contributed by atoms with Gasteiger partial charge < -0.3 is 14.5 Å². The molecule has 7 heteroatoms. The Morgan fingerprint density at radius 2 is 2.18 bits per heavy atom. The van der Waals surface area contributed by atoms with E-state index in [0.29, 0.717) is 5.56 Å². The molecule has 2 amide bonds. The average Bonchev–Trinajstić information content (AvgIpc) is 2.87. The molecule has 0 radical (unpaired) electrons. The van der Waals surface area contributed by atoms with E-state index in [1.807, 2.05) is 4.90 Å². The van der Waals surface area contributed by atoms with Crippen molar-refractivity contribution in [3.63, 3.8) is 0 Å². The molecule has 0 aromatic carbocycles. The number of rotatable bonds is 4. The Balaban J connectivity index is 2.03. The van der Waals surface area contributed by atoms with Gasteiger partial charge >= 0.3 is 0 Å². The number of likely N-dealkylation sites (N-methyl/N-ethyl adjacent to an activating group) is 1. The van der Waals surface area contributed by atoms with Crippen LogP contribution in [0.1, 0.15) is 36.5 Å². The van der Waals surface area contributed by atoms with E-state index < -0.39 is 0 Å². The first-order chi connectivity index (χ1) is 10.4. The van der Waals surface area contributed by atoms with Gasteiger partial charge in [-0.25, -0.2) is 0 Å². The van der Waals surface area contributed by atoms with Gasteiger partial charge in [0, 0.05) is 32.9 Å². The van der Waals surface area contributed by atoms with Crippen LogP contribution in [0, 0.1) is 0 Å². The molecule has 1 aromatic rings. The Morgan fingerprint density at radius 3 is 2.82 bits per heavy atom. The Morgan fingerprint density at radius 1 is 1.45 bits per heavy atom. The van der Waals surface area contributed by atoms with Gasteiger partial charge in [-0.2, -0.15) is 0 Å². The lowest BCUT2D eigenvalue weighted by Gasteiger charge is -2.34. The summed E-state index contributed by atoms with van der Waals surface area (Å²) in [5.41, 5.74) is 0.368. The Kier molecular flexibility index (Phi) is 5.05. The van der Waals surface area contributed by atoms with Crippen molar-refractivity contribution >= 4 is 11.8 Å². The molecule has 7 nitrogen and oxygen atoms in total. The highest BCUT2D eigenvalue weighted by molar-refractivity contribution is 5.98. The molecule has 0 aliphatic carbocycles. The summed E-state index contributed by atoms with van der Waals surface area (Å²) in [4.78, 5) is 28.1. The smallest absolute Gasteiger partial charge is 0.261 e. The minimum absolute atomic E-state index is 0.00842. The molecule has 122 valence electrons. The SMILES string of the molecule is COc1nn(C)cc1C(=O)N(C)CC(=O)N1CCCCC1C. The zero-order chi connectivity index (χ0) is 16.3. The van der Waals surface area contributed by atoms with E-state index in [1.54, 1.807) is 20.3 Å². The summed E-state index contributed by atoms with van der Waals surface area (Å²) in [5, 5.41) is 4.07. The van der Waals surface area contributed by atoms with Crippen LogP contribution >= 0.6 is 0 Å². The first kappa shape index (κ1) is 16.3. The summed E-state index contributed by atoms with van der Waals surface area (Å²) < 4.78 is 6.62. The molecule has 0 bridgehead atoms. The molecule has 0 spiro atoms. The van der Waals surface area contributed by atoms with E-state index in [4.69, 9.17) is 4.74 Å². The summed E-state index contributed by atoms with van der Waals surface area (Å²) in [6, 6.07) is 0.248. The number of hydrogen-bond donors (Lipinski definition) is 0. The van der Waals surface area contributed by atoms with Crippen LogP contribution < -0.4 is 4.74 Å². The van der Waals surface area contributed by atoms with Crippen LogP contribution in [0.4, 0.5) is 0 Å². The third kappa shape index (κ3) is 3.40. The molecule has 1 aliphatic rings. The molecule has 1 aromatic heterocycles. The summed E-state index contributed by atoms with van der Waals surface area (Å²) in [7, 11) is 4.82.